The smallest absolute Gasteiger partial charge is 0.317 e. The van der Waals surface area contributed by atoms with E-state index in [1.165, 1.54) is 51.4 Å². The SMILES string of the molecule is CN1CCN(C)C(CNC(=O)N2CCCC3(CCCCCC3)C2)C1. The van der Waals surface area contributed by atoms with E-state index in [4.69, 9.17) is 0 Å². The Morgan fingerprint density at radius 1 is 1.00 bits per heavy atom. The number of nitrogens with zero attached hydrogens (tertiary/aromatic N) is 3. The van der Waals surface area contributed by atoms with Crippen molar-refractivity contribution in [3.63, 3.8) is 0 Å². The molecule has 2 aliphatic heterocycles. The lowest BCUT2D eigenvalue weighted by molar-refractivity contribution is 0.0853. The van der Waals surface area contributed by atoms with Gasteiger partial charge in [0.15, 0.2) is 0 Å². The van der Waals surface area contributed by atoms with E-state index in [-0.39, 0.29) is 6.03 Å². The quantitative estimate of drug-likeness (QED) is 0.841. The number of rotatable bonds is 2. The number of piperidine rings is 1. The molecule has 138 valence electrons. The minimum Gasteiger partial charge on any atom is -0.336 e. The molecule has 5 nitrogen and oxygen atoms in total. The summed E-state index contributed by atoms with van der Waals surface area (Å²) < 4.78 is 0. The van der Waals surface area contributed by atoms with Gasteiger partial charge in [0.05, 0.1) is 0 Å². The zero-order chi connectivity index (χ0) is 17.0. The topological polar surface area (TPSA) is 38.8 Å². The van der Waals surface area contributed by atoms with Gasteiger partial charge in [-0.15, -0.1) is 0 Å². The van der Waals surface area contributed by atoms with Crippen molar-refractivity contribution in [2.75, 3.05) is 53.4 Å². The van der Waals surface area contributed by atoms with Crippen LogP contribution in [0.15, 0.2) is 0 Å². The average molecular weight is 337 g/mol. The summed E-state index contributed by atoms with van der Waals surface area (Å²) in [7, 11) is 4.34. The summed E-state index contributed by atoms with van der Waals surface area (Å²) in [6.45, 7) is 5.94. The predicted octanol–water partition coefficient (Wildman–Crippen LogP) is 2.38. The number of nitrogens with one attached hydrogen (secondary N) is 1. The van der Waals surface area contributed by atoms with Crippen LogP contribution in [0.4, 0.5) is 4.79 Å². The number of hydrogen-bond acceptors (Lipinski definition) is 3. The molecule has 0 aromatic carbocycles. The lowest BCUT2D eigenvalue weighted by atomic mass is 9.74. The molecule has 2 heterocycles. The van der Waals surface area contributed by atoms with Crippen molar-refractivity contribution < 1.29 is 4.79 Å². The van der Waals surface area contributed by atoms with E-state index in [0.29, 0.717) is 11.5 Å². The van der Waals surface area contributed by atoms with Gasteiger partial charge in [-0.2, -0.15) is 0 Å². The van der Waals surface area contributed by atoms with E-state index in [2.05, 4.69) is 34.1 Å². The van der Waals surface area contributed by atoms with Crippen molar-refractivity contribution in [3.05, 3.63) is 0 Å². The Morgan fingerprint density at radius 3 is 2.46 bits per heavy atom. The molecule has 2 amide bonds. The summed E-state index contributed by atoms with van der Waals surface area (Å²) in [5.74, 6) is 0. The summed E-state index contributed by atoms with van der Waals surface area (Å²) in [6.07, 6.45) is 10.6. The van der Waals surface area contributed by atoms with E-state index >= 15 is 0 Å². The number of piperazine rings is 1. The Bertz CT molecular complexity index is 420. The molecule has 0 aromatic heterocycles. The number of likely N-dealkylation sites (N-methyl/N-ethyl adjacent to an activating group) is 2. The van der Waals surface area contributed by atoms with Crippen molar-refractivity contribution in [2.24, 2.45) is 5.41 Å². The van der Waals surface area contributed by atoms with Gasteiger partial charge in [0.25, 0.3) is 0 Å². The highest BCUT2D eigenvalue weighted by molar-refractivity contribution is 5.74. The molecule has 3 aliphatic rings. The molecule has 1 saturated carbocycles. The summed E-state index contributed by atoms with van der Waals surface area (Å²) >= 11 is 0. The van der Waals surface area contributed by atoms with Gasteiger partial charge in [-0.25, -0.2) is 4.79 Å². The van der Waals surface area contributed by atoms with Crippen LogP contribution in [0.5, 0.6) is 0 Å². The summed E-state index contributed by atoms with van der Waals surface area (Å²) in [5.41, 5.74) is 0.425. The van der Waals surface area contributed by atoms with Crippen LogP contribution in [0.3, 0.4) is 0 Å². The van der Waals surface area contributed by atoms with Crippen molar-refractivity contribution in [1.29, 1.82) is 0 Å². The largest absolute Gasteiger partial charge is 0.336 e. The molecule has 5 heteroatoms. The van der Waals surface area contributed by atoms with Gasteiger partial charge < -0.3 is 15.1 Å². The zero-order valence-electron chi connectivity index (χ0n) is 15.7. The average Bonchev–Trinajstić information content (AvgIpc) is 2.81. The molecular formula is C19H36N4O. The van der Waals surface area contributed by atoms with Crippen molar-refractivity contribution >= 4 is 6.03 Å². The summed E-state index contributed by atoms with van der Waals surface area (Å²) in [5, 5.41) is 3.23. The Kier molecular flexibility index (Phi) is 6.03. The van der Waals surface area contributed by atoms with Crippen LogP contribution in [0.2, 0.25) is 0 Å². The molecule has 1 aliphatic carbocycles. The third-order valence-corrected chi connectivity index (χ3v) is 6.58. The standard InChI is InChI=1S/C19H36N4O/c1-21-12-13-22(2)17(15-21)14-20-18(24)23-11-7-10-19(16-23)8-5-3-4-6-9-19/h17H,3-16H2,1-2H3,(H,20,24). The van der Waals surface area contributed by atoms with Crippen LogP contribution in [0.25, 0.3) is 0 Å². The molecule has 0 radical (unpaired) electrons. The lowest BCUT2D eigenvalue weighted by Gasteiger charge is -2.43. The molecule has 1 unspecified atom stereocenters. The van der Waals surface area contributed by atoms with Crippen LogP contribution in [0, 0.1) is 5.41 Å². The maximum atomic E-state index is 12.7. The van der Waals surface area contributed by atoms with E-state index in [9.17, 15) is 4.79 Å². The number of amides is 2. The van der Waals surface area contributed by atoms with Crippen molar-refractivity contribution in [3.8, 4) is 0 Å². The molecule has 3 fully saturated rings. The molecule has 2 saturated heterocycles. The third-order valence-electron chi connectivity index (χ3n) is 6.58. The number of urea groups is 1. The number of carbonyl (C=O) groups excluding carboxylic acids is 1. The normalized spacial score (nSPS) is 29.4. The first-order valence-electron chi connectivity index (χ1n) is 10.00. The monoisotopic (exact) mass is 336 g/mol. The molecule has 0 bridgehead atoms. The van der Waals surface area contributed by atoms with E-state index in [1.54, 1.807) is 0 Å². The first kappa shape index (κ1) is 18.0. The van der Waals surface area contributed by atoms with Gasteiger partial charge in [-0.3, -0.25) is 4.90 Å². The Morgan fingerprint density at radius 2 is 1.71 bits per heavy atom. The first-order valence-corrected chi connectivity index (χ1v) is 10.00. The Hall–Kier alpha value is -0.810. The van der Waals surface area contributed by atoms with Gasteiger partial charge in [0.2, 0.25) is 0 Å². The maximum absolute atomic E-state index is 12.7. The highest BCUT2D eigenvalue weighted by Gasteiger charge is 2.37. The van der Waals surface area contributed by atoms with E-state index in [0.717, 1.165) is 39.3 Å². The van der Waals surface area contributed by atoms with E-state index < -0.39 is 0 Å². The zero-order valence-corrected chi connectivity index (χ0v) is 15.7. The summed E-state index contributed by atoms with van der Waals surface area (Å²) in [4.78, 5) is 19.6. The number of hydrogen-bond donors (Lipinski definition) is 1. The van der Waals surface area contributed by atoms with Crippen LogP contribution in [-0.2, 0) is 0 Å². The second-order valence-electron chi connectivity index (χ2n) is 8.52. The second kappa shape index (κ2) is 8.05. The minimum atomic E-state index is 0.167. The van der Waals surface area contributed by atoms with Gasteiger partial charge in [0.1, 0.15) is 0 Å². The van der Waals surface area contributed by atoms with Crippen LogP contribution >= 0.6 is 0 Å². The van der Waals surface area contributed by atoms with Crippen LogP contribution in [-0.4, -0.2) is 80.1 Å². The van der Waals surface area contributed by atoms with Gasteiger partial charge in [-0.05, 0) is 45.2 Å². The third kappa shape index (κ3) is 4.42. The molecule has 24 heavy (non-hydrogen) atoms. The van der Waals surface area contributed by atoms with Gasteiger partial charge in [0, 0.05) is 45.3 Å². The van der Waals surface area contributed by atoms with Crippen molar-refractivity contribution in [1.82, 2.24) is 20.0 Å². The highest BCUT2D eigenvalue weighted by Crippen LogP contribution is 2.42. The Labute approximate surface area is 147 Å². The fourth-order valence-electron chi connectivity index (χ4n) is 4.91. The highest BCUT2D eigenvalue weighted by atomic mass is 16.2. The summed E-state index contributed by atoms with van der Waals surface area (Å²) in [6, 6.07) is 0.601. The van der Waals surface area contributed by atoms with E-state index in [1.807, 2.05) is 0 Å². The molecule has 1 spiro atoms. The first-order chi connectivity index (χ1) is 11.6. The lowest BCUT2D eigenvalue weighted by Crippen LogP contribution is -2.56. The van der Waals surface area contributed by atoms with Crippen LogP contribution in [0.1, 0.15) is 51.4 Å². The maximum Gasteiger partial charge on any atom is 0.317 e. The fourth-order valence-corrected chi connectivity index (χ4v) is 4.91. The minimum absolute atomic E-state index is 0.167. The fraction of sp³-hybridized carbons (Fsp3) is 0.947. The van der Waals surface area contributed by atoms with Crippen molar-refractivity contribution in [2.45, 2.75) is 57.4 Å². The number of likely N-dealkylation sites (tertiary alicyclic amines) is 1. The van der Waals surface area contributed by atoms with Gasteiger partial charge >= 0.3 is 6.03 Å². The molecule has 0 aromatic rings. The number of carbonyl (C=O) groups is 1. The van der Waals surface area contributed by atoms with Gasteiger partial charge in [-0.1, -0.05) is 25.7 Å². The molecule has 3 rings (SSSR count). The predicted molar refractivity (Wildman–Crippen MR) is 98.3 cm³/mol. The molecule has 1 N–H and O–H groups in total. The van der Waals surface area contributed by atoms with Crippen LogP contribution < -0.4 is 5.32 Å². The second-order valence-corrected chi connectivity index (χ2v) is 8.52. The molecular weight excluding hydrogens is 300 g/mol. The Balaban J connectivity index is 1.51. The molecule has 1 atom stereocenters.